The molecule has 1 fully saturated rings. The molecule has 0 spiro atoms. The van der Waals surface area contributed by atoms with Crippen LogP contribution in [-0.4, -0.2) is 62.5 Å². The summed E-state index contributed by atoms with van der Waals surface area (Å²) in [4.78, 5) is 15.3. The molecule has 2 aromatic rings. The van der Waals surface area contributed by atoms with Crippen LogP contribution in [0.2, 0.25) is 0 Å². The van der Waals surface area contributed by atoms with Gasteiger partial charge in [0.1, 0.15) is 11.5 Å². The number of methoxy groups -OCH3 is 1. The lowest BCUT2D eigenvalue weighted by atomic mass is 9.73. The maximum absolute atomic E-state index is 13.4. The van der Waals surface area contributed by atoms with Gasteiger partial charge in [0.25, 0.3) is 0 Å². The maximum Gasteiger partial charge on any atom is 0.317 e. The van der Waals surface area contributed by atoms with Gasteiger partial charge in [0, 0.05) is 50.9 Å². The van der Waals surface area contributed by atoms with Crippen LogP contribution >= 0.6 is 0 Å². The summed E-state index contributed by atoms with van der Waals surface area (Å²) < 4.78 is 11.7. The van der Waals surface area contributed by atoms with Crippen LogP contribution in [-0.2, 0) is 10.3 Å². The normalized spacial score (nSPS) is 18.0. The summed E-state index contributed by atoms with van der Waals surface area (Å²) in [6.07, 6.45) is 4.84. The number of ether oxygens (including phenoxy) is 2. The average Bonchev–Trinajstić information content (AvgIpc) is 2.92. The molecule has 0 saturated carbocycles. The van der Waals surface area contributed by atoms with Crippen molar-refractivity contribution in [1.29, 1.82) is 0 Å². The molecule has 0 aliphatic carbocycles. The van der Waals surface area contributed by atoms with Crippen molar-refractivity contribution in [2.24, 2.45) is 11.8 Å². The monoisotopic (exact) mass is 539 g/mol. The fourth-order valence-corrected chi connectivity index (χ4v) is 5.73. The second kappa shape index (κ2) is 15.2. The van der Waals surface area contributed by atoms with Gasteiger partial charge in [-0.25, -0.2) is 4.79 Å². The first-order valence-corrected chi connectivity index (χ1v) is 14.5. The number of carbonyl (C=O) groups is 1. The summed E-state index contributed by atoms with van der Waals surface area (Å²) >= 11 is 0. The van der Waals surface area contributed by atoms with Gasteiger partial charge in [-0.05, 0) is 76.1 Å². The Morgan fingerprint density at radius 3 is 2.54 bits per heavy atom. The Morgan fingerprint density at radius 1 is 1.13 bits per heavy atom. The first-order chi connectivity index (χ1) is 18.8. The minimum absolute atomic E-state index is 0.0493. The second-order valence-electron chi connectivity index (χ2n) is 11.4. The summed E-state index contributed by atoms with van der Waals surface area (Å²) in [6.45, 7) is 8.94. The van der Waals surface area contributed by atoms with Crippen molar-refractivity contribution in [3.63, 3.8) is 0 Å². The molecule has 3 N–H and O–H groups in total. The number of amides is 2. The zero-order chi connectivity index (χ0) is 28.3. The van der Waals surface area contributed by atoms with E-state index in [9.17, 15) is 9.90 Å². The molecule has 7 nitrogen and oxygen atoms in total. The Balaban J connectivity index is 1.87. The number of nitrogens with one attached hydrogen (secondary N) is 2. The molecule has 3 atom stereocenters. The number of likely N-dealkylation sites (tertiary alicyclic amines) is 1. The standard InChI is InChI=1S/C32H49N3O4/c1-24(2)21-27(22-33-4)34-31(36)35-19-12-14-26(23-35)32(37,18-10-11-20-38-5)28-15-7-9-17-30(28)39-29-16-8-6-13-25(29)3/h6-9,13,15-17,24,26-27,33,37H,10-12,14,18-23H2,1-5H3,(H,34,36)/t26-,27?,32+/m1/s1. The van der Waals surface area contributed by atoms with Crippen LogP contribution in [0, 0.1) is 18.8 Å². The molecular weight excluding hydrogens is 490 g/mol. The van der Waals surface area contributed by atoms with Crippen molar-refractivity contribution in [2.75, 3.05) is 40.4 Å². The zero-order valence-electron chi connectivity index (χ0n) is 24.5. The molecule has 0 bridgehead atoms. The van der Waals surface area contributed by atoms with Crippen LogP contribution in [0.5, 0.6) is 11.5 Å². The number of piperidine rings is 1. The van der Waals surface area contributed by atoms with E-state index in [1.807, 2.05) is 67.4 Å². The van der Waals surface area contributed by atoms with Gasteiger partial charge in [-0.1, -0.05) is 50.2 Å². The number of para-hydroxylation sites is 2. The van der Waals surface area contributed by atoms with Crippen molar-refractivity contribution >= 4 is 6.03 Å². The molecule has 39 heavy (non-hydrogen) atoms. The van der Waals surface area contributed by atoms with E-state index in [2.05, 4.69) is 24.5 Å². The number of hydrogen-bond donors (Lipinski definition) is 3. The zero-order valence-corrected chi connectivity index (χ0v) is 24.5. The van der Waals surface area contributed by atoms with Crippen molar-refractivity contribution < 1.29 is 19.4 Å². The van der Waals surface area contributed by atoms with E-state index < -0.39 is 5.60 Å². The maximum atomic E-state index is 13.4. The molecule has 2 aromatic carbocycles. The Kier molecular flexibility index (Phi) is 12.1. The van der Waals surface area contributed by atoms with Crippen LogP contribution in [0.3, 0.4) is 0 Å². The largest absolute Gasteiger partial charge is 0.457 e. The number of rotatable bonds is 14. The number of hydrogen-bond acceptors (Lipinski definition) is 5. The molecule has 0 aromatic heterocycles. The van der Waals surface area contributed by atoms with Crippen molar-refractivity contribution in [3.05, 3.63) is 59.7 Å². The molecular formula is C32H49N3O4. The van der Waals surface area contributed by atoms with Crippen molar-refractivity contribution in [3.8, 4) is 11.5 Å². The Labute approximate surface area is 235 Å². The highest BCUT2D eigenvalue weighted by molar-refractivity contribution is 5.74. The Morgan fingerprint density at radius 2 is 1.85 bits per heavy atom. The van der Waals surface area contributed by atoms with Gasteiger partial charge in [-0.15, -0.1) is 0 Å². The lowest BCUT2D eigenvalue weighted by Crippen LogP contribution is -2.54. The number of aliphatic hydroxyl groups is 1. The lowest BCUT2D eigenvalue weighted by molar-refractivity contribution is -0.0575. The fourth-order valence-electron chi connectivity index (χ4n) is 5.73. The second-order valence-corrected chi connectivity index (χ2v) is 11.4. The summed E-state index contributed by atoms with van der Waals surface area (Å²) in [5, 5.41) is 19.0. The van der Waals surface area contributed by atoms with Gasteiger partial charge in [0.05, 0.1) is 5.60 Å². The van der Waals surface area contributed by atoms with E-state index in [1.54, 1.807) is 7.11 Å². The summed E-state index contributed by atoms with van der Waals surface area (Å²) in [7, 11) is 3.62. The minimum Gasteiger partial charge on any atom is -0.457 e. The van der Waals surface area contributed by atoms with Crippen LogP contribution in [0.15, 0.2) is 48.5 Å². The topological polar surface area (TPSA) is 83.1 Å². The van der Waals surface area contributed by atoms with Gasteiger partial charge in [-0.2, -0.15) is 0 Å². The highest BCUT2D eigenvalue weighted by atomic mass is 16.5. The van der Waals surface area contributed by atoms with E-state index in [1.165, 1.54) is 0 Å². The van der Waals surface area contributed by atoms with Gasteiger partial charge < -0.3 is 30.1 Å². The lowest BCUT2D eigenvalue weighted by Gasteiger charge is -2.43. The van der Waals surface area contributed by atoms with E-state index in [4.69, 9.17) is 9.47 Å². The number of unbranched alkanes of at least 4 members (excludes halogenated alkanes) is 1. The van der Waals surface area contributed by atoms with E-state index in [0.717, 1.165) is 55.5 Å². The molecule has 7 heteroatoms. The molecule has 1 heterocycles. The molecule has 0 radical (unpaired) electrons. The number of nitrogens with zero attached hydrogens (tertiary/aromatic N) is 1. The molecule has 1 aliphatic rings. The van der Waals surface area contributed by atoms with Crippen LogP contribution < -0.4 is 15.4 Å². The first kappa shape index (κ1) is 30.9. The number of likely N-dealkylation sites (N-methyl/N-ethyl adjacent to an activating group) is 1. The molecule has 1 saturated heterocycles. The van der Waals surface area contributed by atoms with Gasteiger partial charge >= 0.3 is 6.03 Å². The molecule has 216 valence electrons. The molecule has 1 aliphatic heterocycles. The van der Waals surface area contributed by atoms with Crippen LogP contribution in [0.1, 0.15) is 63.5 Å². The molecule has 3 rings (SSSR count). The fraction of sp³-hybridized carbons (Fsp3) is 0.594. The first-order valence-electron chi connectivity index (χ1n) is 14.5. The quantitative estimate of drug-likeness (QED) is 0.263. The average molecular weight is 540 g/mol. The number of aryl methyl sites for hydroxylation is 1. The van der Waals surface area contributed by atoms with Gasteiger partial charge in [0.2, 0.25) is 0 Å². The van der Waals surface area contributed by atoms with E-state index in [-0.39, 0.29) is 18.0 Å². The highest BCUT2D eigenvalue weighted by Crippen LogP contribution is 2.44. The SMILES string of the molecule is CNCC(CC(C)C)NC(=O)N1CCC[C@@H]([C@@](O)(CCCCOC)c2ccccc2Oc2ccccc2C)C1. The highest BCUT2D eigenvalue weighted by Gasteiger charge is 2.43. The third kappa shape index (κ3) is 8.69. The Hall–Kier alpha value is -2.61. The van der Waals surface area contributed by atoms with Crippen LogP contribution in [0.25, 0.3) is 0 Å². The predicted molar refractivity (Wildman–Crippen MR) is 157 cm³/mol. The van der Waals surface area contributed by atoms with E-state index in [0.29, 0.717) is 37.8 Å². The summed E-state index contributed by atoms with van der Waals surface area (Å²) in [5.74, 6) is 1.81. The minimum atomic E-state index is -1.14. The van der Waals surface area contributed by atoms with Crippen LogP contribution in [0.4, 0.5) is 4.79 Å². The molecule has 1 unspecified atom stereocenters. The summed E-state index contributed by atoms with van der Waals surface area (Å²) in [5.41, 5.74) is 0.675. The summed E-state index contributed by atoms with van der Waals surface area (Å²) in [6, 6.07) is 15.8. The third-order valence-corrected chi connectivity index (χ3v) is 7.74. The van der Waals surface area contributed by atoms with Gasteiger partial charge in [0.15, 0.2) is 0 Å². The number of urea groups is 1. The van der Waals surface area contributed by atoms with Crippen molar-refractivity contribution in [2.45, 2.75) is 70.9 Å². The predicted octanol–water partition coefficient (Wildman–Crippen LogP) is 5.85. The third-order valence-electron chi connectivity index (χ3n) is 7.74. The smallest absolute Gasteiger partial charge is 0.317 e. The molecule has 2 amide bonds. The van der Waals surface area contributed by atoms with Crippen molar-refractivity contribution in [1.82, 2.24) is 15.5 Å². The number of carbonyl (C=O) groups excluding carboxylic acids is 1. The Bertz CT molecular complexity index is 1030. The number of benzene rings is 2. The van der Waals surface area contributed by atoms with Gasteiger partial charge in [-0.3, -0.25) is 0 Å². The van der Waals surface area contributed by atoms with E-state index >= 15 is 0 Å².